The van der Waals surface area contributed by atoms with Crippen molar-refractivity contribution in [3.05, 3.63) is 24.2 Å². The number of hydrogen-bond donors (Lipinski definition) is 1. The molecule has 128 valence electrons. The Morgan fingerprint density at radius 1 is 1.30 bits per heavy atom. The maximum Gasteiger partial charge on any atom is 0.282 e. The topological polar surface area (TPSA) is 82.9 Å². The molecule has 0 bridgehead atoms. The highest BCUT2D eigenvalue weighted by atomic mass is 32.2. The lowest BCUT2D eigenvalue weighted by Crippen LogP contribution is -2.50. The molecule has 8 heteroatoms. The Labute approximate surface area is 136 Å². The van der Waals surface area contributed by atoms with Crippen LogP contribution in [-0.2, 0) is 15.0 Å². The summed E-state index contributed by atoms with van der Waals surface area (Å²) in [5.41, 5.74) is 0. The molecule has 1 aromatic rings. The molecule has 2 atom stereocenters. The summed E-state index contributed by atoms with van der Waals surface area (Å²) in [6.07, 6.45) is 4.58. The van der Waals surface area contributed by atoms with E-state index in [-0.39, 0.29) is 24.4 Å². The summed E-state index contributed by atoms with van der Waals surface area (Å²) in [7, 11) is -2.00. The zero-order chi connectivity index (χ0) is 16.4. The van der Waals surface area contributed by atoms with Crippen molar-refractivity contribution in [2.24, 2.45) is 5.92 Å². The summed E-state index contributed by atoms with van der Waals surface area (Å²) in [6, 6.07) is 3.36. The number of nitrogens with one attached hydrogen (secondary N) is 1. The Bertz CT molecular complexity index is 644. The Morgan fingerprint density at radius 2 is 2.09 bits per heavy atom. The van der Waals surface area contributed by atoms with E-state index in [1.807, 2.05) is 6.07 Å². The van der Waals surface area contributed by atoms with Crippen molar-refractivity contribution < 1.29 is 17.6 Å². The Balaban J connectivity index is 1.79. The third kappa shape index (κ3) is 3.15. The minimum absolute atomic E-state index is 0.0890. The minimum atomic E-state index is -3.58. The van der Waals surface area contributed by atoms with E-state index >= 15 is 0 Å². The van der Waals surface area contributed by atoms with Gasteiger partial charge in [-0.25, -0.2) is 0 Å². The van der Waals surface area contributed by atoms with E-state index in [1.165, 1.54) is 8.61 Å². The first-order chi connectivity index (χ1) is 11.0. The second kappa shape index (κ2) is 6.62. The van der Waals surface area contributed by atoms with Crippen molar-refractivity contribution in [1.29, 1.82) is 0 Å². The maximum absolute atomic E-state index is 13.0. The van der Waals surface area contributed by atoms with Crippen LogP contribution in [0, 0.1) is 5.92 Å². The van der Waals surface area contributed by atoms with Crippen molar-refractivity contribution in [2.45, 2.75) is 31.7 Å². The summed E-state index contributed by atoms with van der Waals surface area (Å²) in [5, 5.41) is 2.62. The largest absolute Gasteiger partial charge is 0.468 e. The van der Waals surface area contributed by atoms with Gasteiger partial charge in [-0.1, -0.05) is 0 Å². The summed E-state index contributed by atoms with van der Waals surface area (Å²) in [4.78, 5) is 11.9. The lowest BCUT2D eigenvalue weighted by atomic mass is 9.99. The molecule has 2 aliphatic rings. The molecule has 1 amide bonds. The number of carbonyl (C=O) groups is 1. The first-order valence-corrected chi connectivity index (χ1v) is 9.45. The van der Waals surface area contributed by atoms with Crippen molar-refractivity contribution in [2.75, 3.05) is 26.7 Å². The Kier molecular flexibility index (Phi) is 4.74. The highest BCUT2D eigenvalue weighted by molar-refractivity contribution is 7.86. The third-order valence-electron chi connectivity index (χ3n) is 4.70. The lowest BCUT2D eigenvalue weighted by Gasteiger charge is -2.35. The van der Waals surface area contributed by atoms with Gasteiger partial charge in [0, 0.05) is 26.7 Å². The van der Waals surface area contributed by atoms with Gasteiger partial charge in [-0.2, -0.15) is 17.0 Å². The average molecular weight is 341 g/mol. The van der Waals surface area contributed by atoms with Crippen LogP contribution in [0.15, 0.2) is 22.8 Å². The summed E-state index contributed by atoms with van der Waals surface area (Å²) in [6.45, 7) is 1.22. The van der Waals surface area contributed by atoms with Gasteiger partial charge >= 0.3 is 0 Å². The smallest absolute Gasteiger partial charge is 0.282 e. The van der Waals surface area contributed by atoms with Gasteiger partial charge < -0.3 is 9.73 Å². The van der Waals surface area contributed by atoms with Gasteiger partial charge in [0.15, 0.2) is 0 Å². The van der Waals surface area contributed by atoms with Crippen LogP contribution in [0.2, 0.25) is 0 Å². The van der Waals surface area contributed by atoms with E-state index in [4.69, 9.17) is 4.42 Å². The number of piperidine rings is 1. The summed E-state index contributed by atoms with van der Waals surface area (Å²) < 4.78 is 34.5. The molecule has 3 rings (SSSR count). The number of furan rings is 1. The van der Waals surface area contributed by atoms with Gasteiger partial charge in [-0.05, 0) is 37.8 Å². The van der Waals surface area contributed by atoms with Gasteiger partial charge in [-0.15, -0.1) is 0 Å². The highest BCUT2D eigenvalue weighted by Gasteiger charge is 2.42. The molecule has 0 aliphatic carbocycles. The standard InChI is InChI=1S/C15H23N3O4S/c1-16-15(19)12-5-2-8-17(11-12)23(20,21)18-9-3-6-13(18)14-7-4-10-22-14/h4,7,10,12-13H,2-3,5-6,8-9,11H2,1H3,(H,16,19). The van der Waals surface area contributed by atoms with Gasteiger partial charge in [0.05, 0.1) is 18.2 Å². The number of hydrogen-bond acceptors (Lipinski definition) is 4. The van der Waals surface area contributed by atoms with E-state index in [1.54, 1.807) is 19.4 Å². The van der Waals surface area contributed by atoms with E-state index < -0.39 is 10.2 Å². The fourth-order valence-corrected chi connectivity index (χ4v) is 5.42. The van der Waals surface area contributed by atoms with Crippen molar-refractivity contribution in [3.63, 3.8) is 0 Å². The van der Waals surface area contributed by atoms with Gasteiger partial charge in [-0.3, -0.25) is 4.79 Å². The van der Waals surface area contributed by atoms with Crippen LogP contribution in [0.4, 0.5) is 0 Å². The van der Waals surface area contributed by atoms with Gasteiger partial charge in [0.25, 0.3) is 10.2 Å². The van der Waals surface area contributed by atoms with Crippen LogP contribution in [0.5, 0.6) is 0 Å². The normalized spacial score (nSPS) is 27.2. The SMILES string of the molecule is CNC(=O)C1CCCN(S(=O)(=O)N2CCCC2c2ccco2)C1. The maximum atomic E-state index is 13.0. The first kappa shape index (κ1) is 16.5. The van der Waals surface area contributed by atoms with Crippen LogP contribution in [0.1, 0.15) is 37.5 Å². The Morgan fingerprint density at radius 3 is 2.78 bits per heavy atom. The fraction of sp³-hybridized carbons (Fsp3) is 0.667. The van der Waals surface area contributed by atoms with E-state index in [2.05, 4.69) is 5.32 Å². The van der Waals surface area contributed by atoms with Crippen LogP contribution in [0.3, 0.4) is 0 Å². The zero-order valence-electron chi connectivity index (χ0n) is 13.3. The first-order valence-electron chi connectivity index (χ1n) is 8.06. The molecule has 1 N–H and O–H groups in total. The van der Waals surface area contributed by atoms with Gasteiger partial charge in [0.2, 0.25) is 5.91 Å². The second-order valence-electron chi connectivity index (χ2n) is 6.10. The zero-order valence-corrected chi connectivity index (χ0v) is 14.1. The predicted octanol–water partition coefficient (Wildman–Crippen LogP) is 1.12. The second-order valence-corrected chi connectivity index (χ2v) is 7.98. The lowest BCUT2D eigenvalue weighted by molar-refractivity contribution is -0.125. The quantitative estimate of drug-likeness (QED) is 0.889. The van der Waals surface area contributed by atoms with Gasteiger partial charge in [0.1, 0.15) is 5.76 Å². The minimum Gasteiger partial charge on any atom is -0.468 e. The molecular weight excluding hydrogens is 318 g/mol. The molecule has 0 aromatic carbocycles. The molecule has 1 aromatic heterocycles. The molecule has 2 unspecified atom stereocenters. The molecule has 0 radical (unpaired) electrons. The van der Waals surface area contributed by atoms with E-state index in [9.17, 15) is 13.2 Å². The fourth-order valence-electron chi connectivity index (χ4n) is 3.50. The van der Waals surface area contributed by atoms with Crippen LogP contribution in [-0.4, -0.2) is 49.6 Å². The molecule has 2 saturated heterocycles. The van der Waals surface area contributed by atoms with Crippen molar-refractivity contribution >= 4 is 16.1 Å². The summed E-state index contributed by atoms with van der Waals surface area (Å²) >= 11 is 0. The molecule has 0 spiro atoms. The van der Waals surface area contributed by atoms with Crippen molar-refractivity contribution in [3.8, 4) is 0 Å². The molecule has 7 nitrogen and oxygen atoms in total. The average Bonchev–Trinajstić information content (AvgIpc) is 3.24. The summed E-state index contributed by atoms with van der Waals surface area (Å²) in [5.74, 6) is 0.327. The van der Waals surface area contributed by atoms with Crippen LogP contribution in [0.25, 0.3) is 0 Å². The molecule has 2 aliphatic heterocycles. The Hall–Kier alpha value is -1.38. The van der Waals surface area contributed by atoms with E-state index in [0.29, 0.717) is 25.3 Å². The molecule has 23 heavy (non-hydrogen) atoms. The van der Waals surface area contributed by atoms with E-state index in [0.717, 1.165) is 19.3 Å². The van der Waals surface area contributed by atoms with Crippen LogP contribution < -0.4 is 5.32 Å². The predicted molar refractivity (Wildman–Crippen MR) is 84.7 cm³/mol. The molecular formula is C15H23N3O4S. The van der Waals surface area contributed by atoms with Crippen molar-refractivity contribution in [1.82, 2.24) is 13.9 Å². The number of carbonyl (C=O) groups excluding carboxylic acids is 1. The third-order valence-corrected chi connectivity index (χ3v) is 6.71. The number of rotatable bonds is 4. The molecule has 2 fully saturated rings. The number of nitrogens with zero attached hydrogens (tertiary/aromatic N) is 2. The van der Waals surface area contributed by atoms with Crippen LogP contribution >= 0.6 is 0 Å². The highest BCUT2D eigenvalue weighted by Crippen LogP contribution is 2.36. The monoisotopic (exact) mass is 341 g/mol. The molecule has 3 heterocycles. The number of amides is 1. The molecule has 0 saturated carbocycles.